The molecule has 5 heteroatoms. The first kappa shape index (κ1) is 14.9. The highest BCUT2D eigenvalue weighted by Crippen LogP contribution is 2.28. The molecule has 20 heavy (non-hydrogen) atoms. The van der Waals surface area contributed by atoms with Gasteiger partial charge in [0.05, 0.1) is 12.2 Å². The van der Waals surface area contributed by atoms with Crippen LogP contribution in [0.3, 0.4) is 0 Å². The molecule has 1 aromatic rings. The molecule has 2 rings (SSSR count). The van der Waals surface area contributed by atoms with Gasteiger partial charge in [-0.2, -0.15) is 0 Å². The minimum atomic E-state index is -0.787. The van der Waals surface area contributed by atoms with Crippen LogP contribution in [0.15, 0.2) is 18.2 Å². The van der Waals surface area contributed by atoms with Crippen LogP contribution in [0.1, 0.15) is 41.6 Å². The molecule has 4 nitrogen and oxygen atoms in total. The largest absolute Gasteiger partial charge is 0.388 e. The van der Waals surface area contributed by atoms with Gasteiger partial charge in [0.25, 0.3) is 5.91 Å². The molecule has 1 fully saturated rings. The fraction of sp³-hybridized carbons (Fsp3) is 0.533. The maximum atomic E-state index is 13.5. The molecule has 1 amide bonds. The Morgan fingerprint density at radius 3 is 2.80 bits per heavy atom. The molecule has 2 N–H and O–H groups in total. The van der Waals surface area contributed by atoms with E-state index in [1.54, 1.807) is 0 Å². The maximum absolute atomic E-state index is 13.5. The van der Waals surface area contributed by atoms with E-state index in [2.05, 4.69) is 5.32 Å². The van der Waals surface area contributed by atoms with E-state index in [9.17, 15) is 14.3 Å². The third-order valence-corrected chi connectivity index (χ3v) is 3.72. The summed E-state index contributed by atoms with van der Waals surface area (Å²) in [5.74, 6) is -0.694. The summed E-state index contributed by atoms with van der Waals surface area (Å²) in [6, 6.07) is 4.17. The zero-order chi connectivity index (χ0) is 14.6. The number of benzene rings is 1. The molecule has 0 bridgehead atoms. The first-order valence-electron chi connectivity index (χ1n) is 6.82. The normalized spacial score (nSPS) is 17.1. The molecule has 110 valence electrons. The van der Waals surface area contributed by atoms with E-state index in [1.807, 2.05) is 0 Å². The van der Waals surface area contributed by atoms with Crippen LogP contribution >= 0.6 is 0 Å². The monoisotopic (exact) mass is 281 g/mol. The van der Waals surface area contributed by atoms with Crippen LogP contribution < -0.4 is 5.32 Å². The number of hydrogen-bond donors (Lipinski definition) is 2. The average molecular weight is 281 g/mol. The molecule has 1 aliphatic rings. The lowest BCUT2D eigenvalue weighted by atomic mass is 10.0. The van der Waals surface area contributed by atoms with E-state index in [0.29, 0.717) is 24.0 Å². The van der Waals surface area contributed by atoms with Crippen molar-refractivity contribution in [2.75, 3.05) is 13.7 Å². The van der Waals surface area contributed by atoms with Crippen LogP contribution in [-0.2, 0) is 11.3 Å². The Morgan fingerprint density at radius 1 is 1.45 bits per heavy atom. The number of nitrogens with one attached hydrogen (secondary N) is 1. The lowest BCUT2D eigenvalue weighted by Gasteiger charge is -2.22. The van der Waals surface area contributed by atoms with E-state index < -0.39 is 11.4 Å². The molecular formula is C15H20FNO3. The summed E-state index contributed by atoms with van der Waals surface area (Å²) in [6.45, 7) is 0.361. The second-order valence-electron chi connectivity index (χ2n) is 5.35. The molecule has 0 heterocycles. The van der Waals surface area contributed by atoms with E-state index in [0.717, 1.165) is 12.8 Å². The first-order chi connectivity index (χ1) is 9.54. The average Bonchev–Trinajstić information content (AvgIpc) is 2.86. The quantitative estimate of drug-likeness (QED) is 0.868. The second-order valence-corrected chi connectivity index (χ2v) is 5.35. The lowest BCUT2D eigenvalue weighted by Crippen LogP contribution is -2.40. The van der Waals surface area contributed by atoms with Crippen molar-refractivity contribution in [2.45, 2.75) is 37.9 Å². The van der Waals surface area contributed by atoms with E-state index in [4.69, 9.17) is 4.74 Å². The zero-order valence-corrected chi connectivity index (χ0v) is 11.6. The van der Waals surface area contributed by atoms with Crippen molar-refractivity contribution in [1.82, 2.24) is 5.32 Å². The van der Waals surface area contributed by atoms with Gasteiger partial charge < -0.3 is 15.2 Å². The Bertz CT molecular complexity index is 484. The van der Waals surface area contributed by atoms with Gasteiger partial charge in [-0.15, -0.1) is 0 Å². The van der Waals surface area contributed by atoms with Crippen molar-refractivity contribution >= 4 is 5.91 Å². The third-order valence-electron chi connectivity index (χ3n) is 3.72. The smallest absolute Gasteiger partial charge is 0.251 e. The molecule has 0 saturated heterocycles. The number of ether oxygens (including phenoxy) is 1. The van der Waals surface area contributed by atoms with Crippen LogP contribution in [0, 0.1) is 5.82 Å². The number of methoxy groups -OCH3 is 1. The van der Waals surface area contributed by atoms with Crippen LogP contribution in [-0.4, -0.2) is 30.3 Å². The Morgan fingerprint density at radius 2 is 2.15 bits per heavy atom. The van der Waals surface area contributed by atoms with Crippen LogP contribution in [0.4, 0.5) is 4.39 Å². The van der Waals surface area contributed by atoms with Gasteiger partial charge in [-0.3, -0.25) is 4.79 Å². The van der Waals surface area contributed by atoms with Gasteiger partial charge in [0.2, 0.25) is 0 Å². The summed E-state index contributed by atoms with van der Waals surface area (Å²) in [5.41, 5.74) is -0.0646. The van der Waals surface area contributed by atoms with Gasteiger partial charge in [-0.25, -0.2) is 4.39 Å². The molecule has 0 spiro atoms. The Balaban J connectivity index is 2.00. The van der Waals surface area contributed by atoms with Gasteiger partial charge in [0.15, 0.2) is 0 Å². The van der Waals surface area contributed by atoms with E-state index in [-0.39, 0.29) is 19.1 Å². The van der Waals surface area contributed by atoms with Gasteiger partial charge in [0, 0.05) is 24.8 Å². The molecule has 0 aliphatic heterocycles. The highest BCUT2D eigenvalue weighted by atomic mass is 19.1. The fourth-order valence-electron chi connectivity index (χ4n) is 2.54. The molecule has 0 radical (unpaired) electrons. The topological polar surface area (TPSA) is 58.6 Å². The number of aliphatic hydroxyl groups is 1. The SMILES string of the molecule is COCc1cc(C(=O)NCC2(O)CCCC2)ccc1F. The highest BCUT2D eigenvalue weighted by Gasteiger charge is 2.31. The minimum Gasteiger partial charge on any atom is -0.388 e. The van der Waals surface area contributed by atoms with Gasteiger partial charge in [0.1, 0.15) is 5.82 Å². The standard InChI is InChI=1S/C15H20FNO3/c1-20-9-12-8-11(4-5-13(12)16)14(18)17-10-15(19)6-2-3-7-15/h4-5,8,19H,2-3,6-7,9-10H2,1H3,(H,17,18). The zero-order valence-electron chi connectivity index (χ0n) is 11.6. The van der Waals surface area contributed by atoms with Gasteiger partial charge in [-0.05, 0) is 31.0 Å². The van der Waals surface area contributed by atoms with Crippen LogP contribution in [0.25, 0.3) is 0 Å². The summed E-state index contributed by atoms with van der Waals surface area (Å²) >= 11 is 0. The molecule has 0 unspecified atom stereocenters. The second kappa shape index (κ2) is 6.33. The molecule has 1 saturated carbocycles. The number of carbonyl (C=O) groups excluding carboxylic acids is 1. The Labute approximate surface area is 117 Å². The Kier molecular flexibility index (Phi) is 4.73. The third kappa shape index (κ3) is 3.55. The lowest BCUT2D eigenvalue weighted by molar-refractivity contribution is 0.0449. The number of rotatable bonds is 5. The number of halogens is 1. The number of hydrogen-bond acceptors (Lipinski definition) is 3. The Hall–Kier alpha value is -1.46. The van der Waals surface area contributed by atoms with Crippen molar-refractivity contribution in [3.05, 3.63) is 35.1 Å². The predicted molar refractivity (Wildman–Crippen MR) is 72.9 cm³/mol. The van der Waals surface area contributed by atoms with Crippen molar-refractivity contribution < 1.29 is 19.0 Å². The maximum Gasteiger partial charge on any atom is 0.251 e. The van der Waals surface area contributed by atoms with Crippen molar-refractivity contribution in [3.63, 3.8) is 0 Å². The summed E-state index contributed by atoms with van der Waals surface area (Å²) in [5, 5.41) is 12.9. The molecule has 0 atom stereocenters. The molecular weight excluding hydrogens is 261 g/mol. The molecule has 1 aromatic carbocycles. The van der Waals surface area contributed by atoms with Gasteiger partial charge >= 0.3 is 0 Å². The molecule has 0 aromatic heterocycles. The number of amides is 1. The van der Waals surface area contributed by atoms with Crippen molar-refractivity contribution in [2.24, 2.45) is 0 Å². The summed E-state index contributed by atoms with van der Waals surface area (Å²) in [4.78, 5) is 12.0. The van der Waals surface area contributed by atoms with Crippen molar-refractivity contribution in [3.8, 4) is 0 Å². The van der Waals surface area contributed by atoms with Crippen LogP contribution in [0.2, 0.25) is 0 Å². The summed E-state index contributed by atoms with van der Waals surface area (Å²) < 4.78 is 18.3. The fourth-order valence-corrected chi connectivity index (χ4v) is 2.54. The van der Waals surface area contributed by atoms with Crippen LogP contribution in [0.5, 0.6) is 0 Å². The minimum absolute atomic E-state index is 0.122. The number of carbonyl (C=O) groups is 1. The summed E-state index contributed by atoms with van der Waals surface area (Å²) in [6.07, 6.45) is 3.40. The van der Waals surface area contributed by atoms with Crippen molar-refractivity contribution in [1.29, 1.82) is 0 Å². The predicted octanol–water partition coefficient (Wildman–Crippen LogP) is 2.01. The van der Waals surface area contributed by atoms with E-state index in [1.165, 1.54) is 25.3 Å². The summed E-state index contributed by atoms with van der Waals surface area (Å²) in [7, 11) is 1.47. The van der Waals surface area contributed by atoms with E-state index >= 15 is 0 Å². The molecule has 1 aliphatic carbocycles. The highest BCUT2D eigenvalue weighted by molar-refractivity contribution is 5.94. The first-order valence-corrected chi connectivity index (χ1v) is 6.82. The van der Waals surface area contributed by atoms with Gasteiger partial charge in [-0.1, -0.05) is 12.8 Å².